The molecule has 1 unspecified atom stereocenters. The minimum atomic E-state index is 0.285. The Labute approximate surface area is 108 Å². The van der Waals surface area contributed by atoms with Crippen molar-refractivity contribution in [1.82, 2.24) is 0 Å². The Morgan fingerprint density at radius 2 is 1.87 bits per heavy atom. The van der Waals surface area contributed by atoms with E-state index in [9.17, 15) is 0 Å². The number of benzene rings is 1. The van der Waals surface area contributed by atoms with Crippen LogP contribution in [0, 0.1) is 12.8 Å². The van der Waals surface area contributed by atoms with Gasteiger partial charge in [0.25, 0.3) is 0 Å². The molecule has 0 aliphatic heterocycles. The molecule has 0 N–H and O–H groups in total. The topological polar surface area (TPSA) is 0 Å². The highest BCUT2D eigenvalue weighted by Gasteiger charge is 2.23. The van der Waals surface area contributed by atoms with Crippen LogP contribution in [0.3, 0.4) is 0 Å². The highest BCUT2D eigenvalue weighted by molar-refractivity contribution is 14.1. The predicted molar refractivity (Wildman–Crippen MR) is 76.6 cm³/mol. The van der Waals surface area contributed by atoms with E-state index in [0.29, 0.717) is 0 Å². The van der Waals surface area contributed by atoms with Gasteiger partial charge < -0.3 is 0 Å². The largest absolute Gasteiger partial charge is 0.0740 e. The summed E-state index contributed by atoms with van der Waals surface area (Å²) in [6.45, 7) is 9.15. The zero-order valence-electron chi connectivity index (χ0n) is 10.2. The molecule has 0 nitrogen and oxygen atoms in total. The lowest BCUT2D eigenvalue weighted by molar-refractivity contribution is 0.504. The Hall–Kier alpha value is -0.0500. The number of hydrogen-bond acceptors (Lipinski definition) is 0. The maximum absolute atomic E-state index is 2.60. The van der Waals surface area contributed by atoms with Crippen molar-refractivity contribution in [2.45, 2.75) is 44.0 Å². The minimum absolute atomic E-state index is 0.285. The summed E-state index contributed by atoms with van der Waals surface area (Å²) in [7, 11) is 0. The van der Waals surface area contributed by atoms with E-state index in [1.165, 1.54) is 24.0 Å². The van der Waals surface area contributed by atoms with Gasteiger partial charge in [0, 0.05) is 3.42 Å². The molecule has 0 bridgehead atoms. The third-order valence-corrected chi connectivity index (χ3v) is 4.02. The van der Waals surface area contributed by atoms with E-state index < -0.39 is 0 Å². The molecule has 0 spiro atoms. The van der Waals surface area contributed by atoms with Gasteiger partial charge in [-0.25, -0.2) is 0 Å². The lowest BCUT2D eigenvalue weighted by Crippen LogP contribution is -2.15. The van der Waals surface area contributed by atoms with Crippen LogP contribution in [0.2, 0.25) is 0 Å². The number of alkyl halides is 1. The second-order valence-corrected chi connectivity index (χ2v) is 7.33. The molecule has 1 heteroatoms. The van der Waals surface area contributed by atoms with Crippen molar-refractivity contribution < 1.29 is 0 Å². The Bertz CT molecular complexity index is 313. The van der Waals surface area contributed by atoms with Gasteiger partial charge in [0.05, 0.1) is 0 Å². The Kier molecular flexibility index (Phi) is 4.63. The molecule has 0 aliphatic carbocycles. The maximum atomic E-state index is 2.60. The van der Waals surface area contributed by atoms with Crippen molar-refractivity contribution >= 4 is 22.6 Å². The van der Waals surface area contributed by atoms with Gasteiger partial charge in [-0.15, -0.1) is 0 Å². The molecule has 0 aliphatic rings. The molecule has 0 heterocycles. The van der Waals surface area contributed by atoms with Crippen LogP contribution in [-0.2, 0) is 3.42 Å². The van der Waals surface area contributed by atoms with Crippen LogP contribution in [0.4, 0.5) is 0 Å². The zero-order valence-corrected chi connectivity index (χ0v) is 12.3. The van der Waals surface area contributed by atoms with Crippen molar-refractivity contribution in [3.05, 3.63) is 35.4 Å². The smallest absolute Gasteiger partial charge is 0.0445 e. The fraction of sp³-hybridized carbons (Fsp3) is 0.571. The van der Waals surface area contributed by atoms with E-state index in [4.69, 9.17) is 0 Å². The molecular weight excluding hydrogens is 295 g/mol. The van der Waals surface area contributed by atoms with Gasteiger partial charge in [0.15, 0.2) is 0 Å². The van der Waals surface area contributed by atoms with Crippen molar-refractivity contribution in [3.63, 3.8) is 0 Å². The molecular formula is C14H21I. The van der Waals surface area contributed by atoms with Gasteiger partial charge in [0.2, 0.25) is 0 Å². The summed E-state index contributed by atoms with van der Waals surface area (Å²) >= 11 is 2.60. The van der Waals surface area contributed by atoms with Gasteiger partial charge in [-0.1, -0.05) is 60.7 Å². The van der Waals surface area contributed by atoms with Crippen LogP contribution in [-0.4, -0.2) is 0 Å². The van der Waals surface area contributed by atoms with Crippen molar-refractivity contribution in [1.29, 1.82) is 0 Å². The predicted octanol–water partition coefficient (Wildman–Crippen LogP) is 5.08. The highest BCUT2D eigenvalue weighted by atomic mass is 127. The van der Waals surface area contributed by atoms with Crippen molar-refractivity contribution in [2.24, 2.45) is 5.92 Å². The first-order valence-corrected chi connectivity index (χ1v) is 6.76. The monoisotopic (exact) mass is 316 g/mol. The van der Waals surface area contributed by atoms with Gasteiger partial charge >= 0.3 is 0 Å². The molecule has 1 aromatic carbocycles. The molecule has 0 saturated heterocycles. The molecule has 0 radical (unpaired) electrons. The second-order valence-electron chi connectivity index (χ2n) is 4.94. The standard InChI is InChI=1S/C14H21I/c1-11(2)9-10-14(4,15)13-8-6-5-7-12(13)3/h5-8,11H,9-10H2,1-4H3. The fourth-order valence-electron chi connectivity index (χ4n) is 1.85. The first-order valence-electron chi connectivity index (χ1n) is 5.68. The number of halogens is 1. The molecule has 1 aromatic rings. The molecule has 1 atom stereocenters. The van der Waals surface area contributed by atoms with Gasteiger partial charge in [-0.3, -0.25) is 0 Å². The molecule has 0 amide bonds. The maximum Gasteiger partial charge on any atom is 0.0445 e. The average Bonchev–Trinajstić information content (AvgIpc) is 2.15. The summed E-state index contributed by atoms with van der Waals surface area (Å²) in [5.41, 5.74) is 2.91. The summed E-state index contributed by atoms with van der Waals surface area (Å²) in [5, 5.41) is 0. The lowest BCUT2D eigenvalue weighted by Gasteiger charge is -2.26. The van der Waals surface area contributed by atoms with Crippen LogP contribution in [0.1, 0.15) is 44.7 Å². The van der Waals surface area contributed by atoms with Gasteiger partial charge in [-0.05, 0) is 43.7 Å². The van der Waals surface area contributed by atoms with E-state index in [2.05, 4.69) is 74.6 Å². The Morgan fingerprint density at radius 3 is 2.40 bits per heavy atom. The lowest BCUT2D eigenvalue weighted by atomic mass is 9.90. The average molecular weight is 316 g/mol. The first kappa shape index (κ1) is 13.0. The quantitative estimate of drug-likeness (QED) is 0.537. The normalized spacial score (nSPS) is 15.3. The molecule has 1 rings (SSSR count). The Balaban J connectivity index is 2.81. The summed E-state index contributed by atoms with van der Waals surface area (Å²) < 4.78 is 0.285. The van der Waals surface area contributed by atoms with Crippen molar-refractivity contribution in [2.75, 3.05) is 0 Å². The van der Waals surface area contributed by atoms with E-state index in [0.717, 1.165) is 5.92 Å². The summed E-state index contributed by atoms with van der Waals surface area (Å²) in [6.07, 6.45) is 2.56. The van der Waals surface area contributed by atoms with Crippen LogP contribution in [0.25, 0.3) is 0 Å². The van der Waals surface area contributed by atoms with Crippen LogP contribution in [0.5, 0.6) is 0 Å². The zero-order chi connectivity index (χ0) is 11.5. The number of rotatable bonds is 4. The summed E-state index contributed by atoms with van der Waals surface area (Å²) in [6, 6.07) is 8.74. The molecule has 0 saturated carbocycles. The van der Waals surface area contributed by atoms with E-state index in [-0.39, 0.29) is 3.42 Å². The third kappa shape index (κ3) is 3.78. The van der Waals surface area contributed by atoms with E-state index >= 15 is 0 Å². The summed E-state index contributed by atoms with van der Waals surface area (Å²) in [4.78, 5) is 0. The van der Waals surface area contributed by atoms with Gasteiger partial charge in [0.1, 0.15) is 0 Å². The molecule has 0 aromatic heterocycles. The molecule has 84 valence electrons. The fourth-order valence-corrected chi connectivity index (χ4v) is 2.77. The summed E-state index contributed by atoms with van der Waals surface area (Å²) in [5.74, 6) is 0.795. The second kappa shape index (κ2) is 5.33. The van der Waals surface area contributed by atoms with Crippen LogP contribution >= 0.6 is 22.6 Å². The van der Waals surface area contributed by atoms with Crippen LogP contribution < -0.4 is 0 Å². The highest BCUT2D eigenvalue weighted by Crippen LogP contribution is 2.38. The minimum Gasteiger partial charge on any atom is -0.0740 e. The molecule has 15 heavy (non-hydrogen) atoms. The first-order chi connectivity index (χ1) is 6.93. The van der Waals surface area contributed by atoms with Gasteiger partial charge in [-0.2, -0.15) is 0 Å². The van der Waals surface area contributed by atoms with Crippen molar-refractivity contribution in [3.8, 4) is 0 Å². The molecule has 0 fully saturated rings. The third-order valence-electron chi connectivity index (χ3n) is 2.90. The van der Waals surface area contributed by atoms with E-state index in [1.807, 2.05) is 0 Å². The SMILES string of the molecule is Cc1ccccc1C(C)(I)CCC(C)C. The number of hydrogen-bond donors (Lipinski definition) is 0. The van der Waals surface area contributed by atoms with Crippen LogP contribution in [0.15, 0.2) is 24.3 Å². The number of aryl methyl sites for hydroxylation is 1. The van der Waals surface area contributed by atoms with E-state index in [1.54, 1.807) is 0 Å². The Morgan fingerprint density at radius 1 is 1.27 bits per heavy atom.